The fourth-order valence-electron chi connectivity index (χ4n) is 4.17. The van der Waals surface area contributed by atoms with E-state index in [4.69, 9.17) is 25.3 Å². The maximum atomic E-state index is 13.7. The molecule has 0 saturated carbocycles. The minimum Gasteiger partial charge on any atom is -0.369 e. The minimum atomic E-state index is -0.243. The number of aryl methyl sites for hydroxylation is 1. The van der Waals surface area contributed by atoms with Gasteiger partial charge in [-0.15, -0.1) is 0 Å². The molecule has 8 nitrogen and oxygen atoms in total. The molecule has 3 aromatic rings. The lowest BCUT2D eigenvalue weighted by Crippen LogP contribution is -2.24. The maximum absolute atomic E-state index is 13.7. The van der Waals surface area contributed by atoms with Crippen LogP contribution in [0.1, 0.15) is 41.1 Å². The Morgan fingerprint density at radius 1 is 1.17 bits per heavy atom. The third-order valence-electron chi connectivity index (χ3n) is 5.73. The Kier molecular flexibility index (Phi) is 9.55. The van der Waals surface area contributed by atoms with Crippen LogP contribution in [-0.4, -0.2) is 59.2 Å². The highest BCUT2D eigenvalue weighted by molar-refractivity contribution is 5.81. The Morgan fingerprint density at radius 3 is 2.69 bits per heavy atom. The molecule has 4 rings (SSSR count). The van der Waals surface area contributed by atoms with Crippen LogP contribution in [0.2, 0.25) is 0 Å². The number of benzene rings is 1. The molecule has 0 fully saturated rings. The van der Waals surface area contributed by atoms with Crippen LogP contribution in [0.3, 0.4) is 0 Å². The first-order valence-corrected chi connectivity index (χ1v) is 11.7. The third kappa shape index (κ3) is 7.23. The molecule has 0 spiro atoms. The van der Waals surface area contributed by atoms with Crippen LogP contribution in [0.25, 0.3) is 11.3 Å². The number of anilines is 1. The van der Waals surface area contributed by atoms with Crippen molar-refractivity contribution in [1.29, 1.82) is 0 Å². The van der Waals surface area contributed by atoms with E-state index in [0.717, 1.165) is 79.3 Å². The van der Waals surface area contributed by atoms with E-state index in [2.05, 4.69) is 35.2 Å². The lowest BCUT2D eigenvalue weighted by atomic mass is 10.1. The quantitative estimate of drug-likeness (QED) is 0.335. The minimum absolute atomic E-state index is 0.243. The highest BCUT2D eigenvalue weighted by atomic mass is 19.1. The molecule has 9 heteroatoms. The SMILES string of the molecule is Cc1cnc2c(c1)Cc1nc(Cc3cccc(F)c3)nc(NCCCN(C)CCCN)c1-2.O=C=O. The first-order valence-electron chi connectivity index (χ1n) is 11.7. The van der Waals surface area contributed by atoms with Gasteiger partial charge in [0.25, 0.3) is 0 Å². The summed E-state index contributed by atoms with van der Waals surface area (Å²) in [6, 6.07) is 8.80. The van der Waals surface area contributed by atoms with Gasteiger partial charge in [-0.2, -0.15) is 9.59 Å². The maximum Gasteiger partial charge on any atom is 0.373 e. The lowest BCUT2D eigenvalue weighted by Gasteiger charge is -2.17. The van der Waals surface area contributed by atoms with Gasteiger partial charge < -0.3 is 16.0 Å². The van der Waals surface area contributed by atoms with Gasteiger partial charge in [0.05, 0.1) is 17.0 Å². The molecule has 1 aliphatic carbocycles. The topological polar surface area (TPSA) is 114 Å². The Bertz CT molecular complexity index is 1180. The first kappa shape index (κ1) is 26.1. The molecule has 0 aliphatic heterocycles. The first-order chi connectivity index (χ1) is 16.9. The van der Waals surface area contributed by atoms with Crippen molar-refractivity contribution in [2.75, 3.05) is 38.5 Å². The third-order valence-corrected chi connectivity index (χ3v) is 5.73. The number of fused-ring (bicyclic) bond motifs is 3. The highest BCUT2D eigenvalue weighted by Gasteiger charge is 2.26. The zero-order valence-electron chi connectivity index (χ0n) is 20.2. The van der Waals surface area contributed by atoms with Gasteiger partial charge in [-0.3, -0.25) is 4.98 Å². The van der Waals surface area contributed by atoms with Crippen molar-refractivity contribution in [2.24, 2.45) is 5.73 Å². The van der Waals surface area contributed by atoms with Gasteiger partial charge in [-0.05, 0) is 75.3 Å². The largest absolute Gasteiger partial charge is 0.373 e. The number of nitrogens with zero attached hydrogens (tertiary/aromatic N) is 4. The molecule has 0 atom stereocenters. The normalized spacial score (nSPS) is 11.3. The summed E-state index contributed by atoms with van der Waals surface area (Å²) in [5, 5.41) is 3.53. The van der Waals surface area contributed by atoms with Crippen LogP contribution in [-0.2, 0) is 22.4 Å². The van der Waals surface area contributed by atoms with Gasteiger partial charge in [0.15, 0.2) is 0 Å². The number of pyridine rings is 1. The van der Waals surface area contributed by atoms with Crippen molar-refractivity contribution in [2.45, 2.75) is 32.6 Å². The number of hydrogen-bond donors (Lipinski definition) is 2. The summed E-state index contributed by atoms with van der Waals surface area (Å²) in [6.45, 7) is 5.57. The smallest absolute Gasteiger partial charge is 0.369 e. The molecule has 0 saturated heterocycles. The zero-order chi connectivity index (χ0) is 25.2. The van der Waals surface area contributed by atoms with Gasteiger partial charge in [0, 0.05) is 25.6 Å². The van der Waals surface area contributed by atoms with Gasteiger partial charge in [-0.25, -0.2) is 14.4 Å². The Hall–Kier alpha value is -3.52. The number of rotatable bonds is 10. The van der Waals surface area contributed by atoms with Gasteiger partial charge >= 0.3 is 6.15 Å². The second-order valence-corrected chi connectivity index (χ2v) is 8.62. The molecule has 2 aromatic heterocycles. The van der Waals surface area contributed by atoms with E-state index in [1.54, 1.807) is 12.1 Å². The van der Waals surface area contributed by atoms with Crippen molar-refractivity contribution in [3.8, 4) is 11.3 Å². The second kappa shape index (κ2) is 12.8. The summed E-state index contributed by atoms with van der Waals surface area (Å²) in [6.07, 6.45) is 5.38. The average molecular weight is 479 g/mol. The Balaban J connectivity index is 0.00000108. The number of nitrogens with two attached hydrogens (primary N) is 1. The standard InChI is InChI=1S/C25H31FN6.CO2/c1-17-12-19-15-21-23(24(19)29-16-17)25(28-9-5-11-32(2)10-4-8-27)31-22(30-21)14-18-6-3-7-20(26)13-18;2-1-3/h3,6-7,12-13,16H,4-5,8-11,14-15,27H2,1-2H3,(H,28,30,31);. The van der Waals surface area contributed by atoms with Gasteiger partial charge in [0.1, 0.15) is 17.5 Å². The summed E-state index contributed by atoms with van der Waals surface area (Å²) in [5.74, 6) is 1.27. The molecule has 2 heterocycles. The molecule has 0 bridgehead atoms. The summed E-state index contributed by atoms with van der Waals surface area (Å²) in [4.78, 5) is 32.9. The van der Waals surface area contributed by atoms with Crippen molar-refractivity contribution in [3.05, 3.63) is 70.6 Å². The van der Waals surface area contributed by atoms with Crippen molar-refractivity contribution < 1.29 is 14.0 Å². The van der Waals surface area contributed by atoms with E-state index in [9.17, 15) is 4.39 Å². The van der Waals surface area contributed by atoms with E-state index < -0.39 is 0 Å². The molecule has 0 radical (unpaired) electrons. The summed E-state index contributed by atoms with van der Waals surface area (Å²) < 4.78 is 13.7. The van der Waals surface area contributed by atoms with Crippen molar-refractivity contribution in [1.82, 2.24) is 19.9 Å². The molecule has 35 heavy (non-hydrogen) atoms. The lowest BCUT2D eigenvalue weighted by molar-refractivity contribution is -0.191. The van der Waals surface area contributed by atoms with E-state index in [1.807, 2.05) is 12.3 Å². The molecule has 0 unspecified atom stereocenters. The van der Waals surface area contributed by atoms with Gasteiger partial charge in [0.2, 0.25) is 0 Å². The number of hydrogen-bond acceptors (Lipinski definition) is 8. The molecule has 0 amide bonds. The van der Waals surface area contributed by atoms with E-state index in [-0.39, 0.29) is 12.0 Å². The average Bonchev–Trinajstić information content (AvgIpc) is 3.18. The van der Waals surface area contributed by atoms with Crippen LogP contribution in [0.5, 0.6) is 0 Å². The molecule has 1 aromatic carbocycles. The number of halogens is 1. The number of carbonyl (C=O) groups excluding carboxylic acids is 2. The van der Waals surface area contributed by atoms with Crippen LogP contribution in [0.15, 0.2) is 36.5 Å². The van der Waals surface area contributed by atoms with Crippen molar-refractivity contribution >= 4 is 12.0 Å². The van der Waals surface area contributed by atoms with E-state index >= 15 is 0 Å². The number of aromatic nitrogens is 3. The molecule has 184 valence electrons. The van der Waals surface area contributed by atoms with Crippen LogP contribution in [0.4, 0.5) is 10.2 Å². The molecular weight excluding hydrogens is 447 g/mol. The zero-order valence-corrected chi connectivity index (χ0v) is 20.2. The molecule has 1 aliphatic rings. The summed E-state index contributed by atoms with van der Waals surface area (Å²) >= 11 is 0. The predicted molar refractivity (Wildman–Crippen MR) is 131 cm³/mol. The van der Waals surface area contributed by atoms with Crippen LogP contribution in [0, 0.1) is 12.7 Å². The monoisotopic (exact) mass is 478 g/mol. The summed E-state index contributed by atoms with van der Waals surface area (Å²) in [5.41, 5.74) is 11.7. The number of nitrogens with one attached hydrogen (secondary N) is 1. The van der Waals surface area contributed by atoms with Crippen LogP contribution < -0.4 is 11.1 Å². The predicted octanol–water partition coefficient (Wildman–Crippen LogP) is 2.98. The second-order valence-electron chi connectivity index (χ2n) is 8.62. The molecule has 3 N–H and O–H groups in total. The fourth-order valence-corrected chi connectivity index (χ4v) is 4.17. The van der Waals surface area contributed by atoms with E-state index in [0.29, 0.717) is 12.2 Å². The summed E-state index contributed by atoms with van der Waals surface area (Å²) in [7, 11) is 2.12. The van der Waals surface area contributed by atoms with Crippen molar-refractivity contribution in [3.63, 3.8) is 0 Å². The Labute approximate surface area is 204 Å². The molecular formula is C26H31FN6O2. The van der Waals surface area contributed by atoms with Crippen LogP contribution >= 0.6 is 0 Å². The Morgan fingerprint density at radius 2 is 1.94 bits per heavy atom. The highest BCUT2D eigenvalue weighted by Crippen LogP contribution is 2.38. The fraction of sp³-hybridized carbons (Fsp3) is 0.385. The van der Waals surface area contributed by atoms with E-state index in [1.165, 1.54) is 11.6 Å². The van der Waals surface area contributed by atoms with Gasteiger partial charge in [-0.1, -0.05) is 18.2 Å².